The van der Waals surface area contributed by atoms with E-state index >= 15 is 0 Å². The van der Waals surface area contributed by atoms with Crippen LogP contribution in [0.1, 0.15) is 49.9 Å². The van der Waals surface area contributed by atoms with Crippen molar-refractivity contribution >= 4 is 0 Å². The highest BCUT2D eigenvalue weighted by atomic mass is 16.3. The predicted octanol–water partition coefficient (Wildman–Crippen LogP) is 1.61. The van der Waals surface area contributed by atoms with Gasteiger partial charge in [0.05, 0.1) is 18.8 Å². The van der Waals surface area contributed by atoms with Crippen LogP contribution < -0.4 is 0 Å². The van der Waals surface area contributed by atoms with E-state index in [1.165, 1.54) is 38.5 Å². The molecule has 20 heavy (non-hydrogen) atoms. The first-order valence-electron chi connectivity index (χ1n) is 7.69. The Morgan fingerprint density at radius 1 is 1.20 bits per heavy atom. The van der Waals surface area contributed by atoms with Gasteiger partial charge in [-0.2, -0.15) is 5.26 Å². The lowest BCUT2D eigenvalue weighted by atomic mass is 9.48. The van der Waals surface area contributed by atoms with Crippen molar-refractivity contribution in [1.29, 1.82) is 5.26 Å². The fraction of sp³-hybridized carbons (Fsp3) is 0.800. The first-order chi connectivity index (χ1) is 9.74. The fourth-order valence-electron chi connectivity index (χ4n) is 5.57. The average Bonchev–Trinajstić information content (AvgIpc) is 2.81. The molecule has 4 fully saturated rings. The van der Waals surface area contributed by atoms with Gasteiger partial charge in [0.15, 0.2) is 5.69 Å². The highest BCUT2D eigenvalue weighted by molar-refractivity contribution is 5.34. The van der Waals surface area contributed by atoms with Crippen LogP contribution in [-0.2, 0) is 12.0 Å². The molecule has 1 aromatic rings. The number of hydrogen-bond acceptors (Lipinski definition) is 4. The summed E-state index contributed by atoms with van der Waals surface area (Å²) in [6.45, 7) is 0.499. The molecule has 0 radical (unpaired) electrons. The summed E-state index contributed by atoms with van der Waals surface area (Å²) in [5.41, 5.74) is 1.62. The topological polar surface area (TPSA) is 74.7 Å². The van der Waals surface area contributed by atoms with Crippen molar-refractivity contribution < 1.29 is 5.11 Å². The van der Waals surface area contributed by atoms with E-state index in [-0.39, 0.29) is 12.0 Å². The normalized spacial score (nSPS) is 38.1. The van der Waals surface area contributed by atoms with E-state index in [2.05, 4.69) is 16.4 Å². The third-order valence-corrected chi connectivity index (χ3v) is 5.69. The summed E-state index contributed by atoms with van der Waals surface area (Å²) in [5.74, 6) is 2.47. The molecule has 5 heteroatoms. The second-order valence-corrected chi connectivity index (χ2v) is 7.04. The monoisotopic (exact) mass is 272 g/mol. The van der Waals surface area contributed by atoms with Gasteiger partial charge in [0, 0.05) is 5.41 Å². The van der Waals surface area contributed by atoms with Gasteiger partial charge in [0.1, 0.15) is 6.07 Å². The van der Waals surface area contributed by atoms with Crippen LogP contribution in [0.4, 0.5) is 0 Å². The molecular formula is C15H20N4O. The number of nitriles is 1. The zero-order chi connectivity index (χ0) is 13.7. The lowest BCUT2D eigenvalue weighted by Crippen LogP contribution is -2.49. The summed E-state index contributed by atoms with van der Waals surface area (Å²) >= 11 is 0. The van der Waals surface area contributed by atoms with Crippen molar-refractivity contribution in [1.82, 2.24) is 15.0 Å². The van der Waals surface area contributed by atoms with Crippen LogP contribution in [0.15, 0.2) is 0 Å². The van der Waals surface area contributed by atoms with Crippen molar-refractivity contribution in [3.05, 3.63) is 11.4 Å². The molecule has 1 N–H and O–H groups in total. The minimum Gasteiger partial charge on any atom is -0.394 e. The molecule has 0 aromatic carbocycles. The number of aliphatic hydroxyl groups excluding tert-OH is 1. The van der Waals surface area contributed by atoms with Crippen LogP contribution in [0.2, 0.25) is 0 Å². The van der Waals surface area contributed by atoms with E-state index < -0.39 is 0 Å². The highest BCUT2D eigenvalue weighted by Gasteiger charge is 2.54. The van der Waals surface area contributed by atoms with Crippen LogP contribution >= 0.6 is 0 Å². The summed E-state index contributed by atoms with van der Waals surface area (Å²) in [5, 5.41) is 26.8. The van der Waals surface area contributed by atoms with Gasteiger partial charge in [-0.05, 0) is 56.3 Å². The summed E-state index contributed by atoms with van der Waals surface area (Å²) < 4.78 is 1.80. The van der Waals surface area contributed by atoms with Crippen LogP contribution in [0.5, 0.6) is 0 Å². The maximum atomic E-state index is 9.37. The highest BCUT2D eigenvalue weighted by Crippen LogP contribution is 2.60. The van der Waals surface area contributed by atoms with Gasteiger partial charge in [0.25, 0.3) is 0 Å². The number of aromatic nitrogens is 3. The molecule has 5 rings (SSSR count). The van der Waals surface area contributed by atoms with Crippen molar-refractivity contribution in [2.45, 2.75) is 50.5 Å². The van der Waals surface area contributed by atoms with Gasteiger partial charge >= 0.3 is 0 Å². The predicted molar refractivity (Wildman–Crippen MR) is 71.7 cm³/mol. The summed E-state index contributed by atoms with van der Waals surface area (Å²) in [6.07, 6.45) is 7.69. The fourth-order valence-corrected chi connectivity index (χ4v) is 5.57. The molecule has 4 aliphatic carbocycles. The van der Waals surface area contributed by atoms with Crippen molar-refractivity contribution in [2.75, 3.05) is 6.61 Å². The Hall–Kier alpha value is -1.41. The Bertz CT molecular complexity index is 536. The molecule has 4 aliphatic rings. The van der Waals surface area contributed by atoms with E-state index in [4.69, 9.17) is 0 Å². The van der Waals surface area contributed by atoms with Crippen molar-refractivity contribution in [3.8, 4) is 6.07 Å². The Balaban J connectivity index is 1.80. The van der Waals surface area contributed by atoms with Gasteiger partial charge in [-0.1, -0.05) is 5.21 Å². The molecule has 0 spiro atoms. The minimum atomic E-state index is 0.0492. The number of hydrogen-bond donors (Lipinski definition) is 1. The molecule has 0 unspecified atom stereocenters. The molecule has 1 aromatic heterocycles. The summed E-state index contributed by atoms with van der Waals surface area (Å²) in [4.78, 5) is 0. The standard InChI is InChI=1S/C15H20N4O/c16-9-13-14(19(1-2-20)18-17-13)15-6-10-3-11(7-15)5-12(4-10)8-15/h10-12,20H,1-8H2. The van der Waals surface area contributed by atoms with E-state index in [0.29, 0.717) is 12.2 Å². The number of nitrogens with zero attached hydrogens (tertiary/aromatic N) is 4. The average molecular weight is 272 g/mol. The Kier molecular flexibility index (Phi) is 2.65. The molecule has 0 aliphatic heterocycles. The largest absolute Gasteiger partial charge is 0.394 e. The summed E-state index contributed by atoms with van der Waals surface area (Å²) in [6, 6.07) is 2.22. The summed E-state index contributed by atoms with van der Waals surface area (Å²) in [7, 11) is 0. The first-order valence-corrected chi connectivity index (χ1v) is 7.69. The van der Waals surface area contributed by atoms with Crippen molar-refractivity contribution in [3.63, 3.8) is 0 Å². The quantitative estimate of drug-likeness (QED) is 0.907. The van der Waals surface area contributed by atoms with E-state index in [9.17, 15) is 10.4 Å². The van der Waals surface area contributed by atoms with Gasteiger partial charge in [-0.15, -0.1) is 5.10 Å². The van der Waals surface area contributed by atoms with E-state index in [1.54, 1.807) is 4.68 Å². The van der Waals surface area contributed by atoms with Gasteiger partial charge in [-0.3, -0.25) is 0 Å². The lowest BCUT2D eigenvalue weighted by molar-refractivity contribution is -0.00974. The zero-order valence-corrected chi connectivity index (χ0v) is 11.6. The van der Waals surface area contributed by atoms with Crippen LogP contribution in [0.3, 0.4) is 0 Å². The van der Waals surface area contributed by atoms with E-state index in [1.807, 2.05) is 0 Å². The van der Waals surface area contributed by atoms with Crippen LogP contribution in [0.25, 0.3) is 0 Å². The molecule has 5 nitrogen and oxygen atoms in total. The van der Waals surface area contributed by atoms with Crippen LogP contribution in [0, 0.1) is 29.1 Å². The Labute approximate surface area is 118 Å². The van der Waals surface area contributed by atoms with Crippen LogP contribution in [-0.4, -0.2) is 26.7 Å². The molecule has 4 saturated carbocycles. The molecule has 106 valence electrons. The molecule has 0 atom stereocenters. The molecule has 0 amide bonds. The maximum Gasteiger partial charge on any atom is 0.186 e. The zero-order valence-electron chi connectivity index (χ0n) is 11.6. The first kappa shape index (κ1) is 12.3. The molecule has 0 saturated heterocycles. The van der Waals surface area contributed by atoms with Gasteiger partial charge < -0.3 is 5.11 Å². The molecule has 1 heterocycles. The smallest absolute Gasteiger partial charge is 0.186 e. The third-order valence-electron chi connectivity index (χ3n) is 5.69. The third kappa shape index (κ3) is 1.64. The second-order valence-electron chi connectivity index (χ2n) is 7.04. The lowest BCUT2D eigenvalue weighted by Gasteiger charge is -2.56. The minimum absolute atomic E-state index is 0.0492. The Morgan fingerprint density at radius 2 is 1.80 bits per heavy atom. The van der Waals surface area contributed by atoms with Gasteiger partial charge in [0.2, 0.25) is 0 Å². The molecular weight excluding hydrogens is 252 g/mol. The SMILES string of the molecule is N#Cc1nnn(CCO)c1C12CC3CC(CC(C3)C1)C2. The van der Waals surface area contributed by atoms with Gasteiger partial charge in [-0.25, -0.2) is 4.68 Å². The second kappa shape index (κ2) is 4.29. The van der Waals surface area contributed by atoms with Crippen molar-refractivity contribution in [2.24, 2.45) is 17.8 Å². The number of rotatable bonds is 3. The van der Waals surface area contributed by atoms with E-state index in [0.717, 1.165) is 23.4 Å². The Morgan fingerprint density at radius 3 is 2.30 bits per heavy atom. The molecule has 4 bridgehead atoms. The number of aliphatic hydroxyl groups is 1. The maximum absolute atomic E-state index is 9.37.